The zero-order valence-electron chi connectivity index (χ0n) is 13.8. The van der Waals surface area contributed by atoms with Crippen molar-refractivity contribution in [2.24, 2.45) is 0 Å². The van der Waals surface area contributed by atoms with Gasteiger partial charge < -0.3 is 10.4 Å². The van der Waals surface area contributed by atoms with Crippen LogP contribution in [0, 0.1) is 11.3 Å². The summed E-state index contributed by atoms with van der Waals surface area (Å²) in [6.45, 7) is 0.270. The van der Waals surface area contributed by atoms with E-state index < -0.39 is 5.91 Å². The number of phenols is 1. The quantitative estimate of drug-likeness (QED) is 0.665. The van der Waals surface area contributed by atoms with E-state index in [-0.39, 0.29) is 12.1 Å². The van der Waals surface area contributed by atoms with Crippen LogP contribution in [-0.4, -0.2) is 16.0 Å². The van der Waals surface area contributed by atoms with E-state index >= 15 is 0 Å². The van der Waals surface area contributed by atoms with Crippen molar-refractivity contribution in [3.8, 4) is 11.8 Å². The molecule has 0 aliphatic heterocycles. The Morgan fingerprint density at radius 3 is 2.76 bits per heavy atom. The summed E-state index contributed by atoms with van der Waals surface area (Å²) in [5.41, 5.74) is 3.59. The van der Waals surface area contributed by atoms with E-state index in [0.29, 0.717) is 5.75 Å². The molecule has 5 nitrogen and oxygen atoms in total. The first kappa shape index (κ1) is 16.7. The average molecular weight is 333 g/mol. The van der Waals surface area contributed by atoms with Gasteiger partial charge in [-0.15, -0.1) is 0 Å². The van der Waals surface area contributed by atoms with Crippen molar-refractivity contribution in [1.29, 1.82) is 5.26 Å². The molecule has 3 rings (SSSR count). The van der Waals surface area contributed by atoms with Gasteiger partial charge in [-0.05, 0) is 66.6 Å². The normalized spacial score (nSPS) is 13.6. The number of rotatable bonds is 4. The van der Waals surface area contributed by atoms with E-state index in [0.717, 1.165) is 48.1 Å². The van der Waals surface area contributed by atoms with Crippen LogP contribution in [0.3, 0.4) is 0 Å². The van der Waals surface area contributed by atoms with Crippen LogP contribution in [0.15, 0.2) is 42.1 Å². The molecule has 2 N–H and O–H groups in total. The lowest BCUT2D eigenvalue weighted by molar-refractivity contribution is -0.117. The van der Waals surface area contributed by atoms with E-state index in [4.69, 9.17) is 0 Å². The molecule has 0 radical (unpaired) electrons. The maximum absolute atomic E-state index is 12.3. The van der Waals surface area contributed by atoms with Gasteiger partial charge >= 0.3 is 0 Å². The molecule has 1 aliphatic rings. The van der Waals surface area contributed by atoms with Crippen molar-refractivity contribution in [3.63, 3.8) is 0 Å². The van der Waals surface area contributed by atoms with Gasteiger partial charge in [0, 0.05) is 6.20 Å². The zero-order valence-corrected chi connectivity index (χ0v) is 13.8. The lowest BCUT2D eigenvalue weighted by Crippen LogP contribution is -2.24. The SMILES string of the molecule is N#CC(=Cc1ccc(O)c2c1CCCC2)C(=O)NCc1ccccn1. The van der Waals surface area contributed by atoms with Crippen molar-refractivity contribution in [1.82, 2.24) is 10.3 Å². The van der Waals surface area contributed by atoms with E-state index in [2.05, 4.69) is 10.3 Å². The highest BCUT2D eigenvalue weighted by Gasteiger charge is 2.17. The van der Waals surface area contributed by atoms with Gasteiger partial charge in [0.25, 0.3) is 5.91 Å². The number of pyridine rings is 1. The number of carbonyl (C=O) groups is 1. The Labute approximate surface area is 146 Å². The number of phenolic OH excluding ortho intramolecular Hbond substituents is 1. The van der Waals surface area contributed by atoms with Crippen LogP contribution < -0.4 is 5.32 Å². The molecule has 0 saturated carbocycles. The number of nitrogens with one attached hydrogen (secondary N) is 1. The van der Waals surface area contributed by atoms with Gasteiger partial charge in [0.05, 0.1) is 12.2 Å². The van der Waals surface area contributed by atoms with Gasteiger partial charge in [0.15, 0.2) is 0 Å². The van der Waals surface area contributed by atoms with Gasteiger partial charge in [-0.2, -0.15) is 5.26 Å². The van der Waals surface area contributed by atoms with Crippen LogP contribution in [0.25, 0.3) is 6.08 Å². The molecule has 0 bridgehead atoms. The third-order valence-corrected chi connectivity index (χ3v) is 4.37. The standard InChI is InChI=1S/C20H19N3O2/c21-12-15(20(25)23-13-16-5-3-4-10-22-16)11-14-8-9-19(24)18-7-2-1-6-17(14)18/h3-5,8-11,24H,1-2,6-7,13H2,(H,23,25). The number of fused-ring (bicyclic) bond motifs is 1. The summed E-state index contributed by atoms with van der Waals surface area (Å²) in [6, 6.07) is 10.8. The smallest absolute Gasteiger partial charge is 0.262 e. The van der Waals surface area contributed by atoms with Crippen molar-refractivity contribution in [2.75, 3.05) is 0 Å². The molecular weight excluding hydrogens is 314 g/mol. The van der Waals surface area contributed by atoms with Gasteiger partial charge in [-0.25, -0.2) is 0 Å². The molecule has 1 heterocycles. The fourth-order valence-corrected chi connectivity index (χ4v) is 3.08. The molecule has 0 atom stereocenters. The molecular formula is C20H19N3O2. The van der Waals surface area contributed by atoms with Gasteiger partial charge in [0.1, 0.15) is 17.4 Å². The molecule has 0 saturated heterocycles. The number of benzene rings is 1. The lowest BCUT2D eigenvalue weighted by atomic mass is 9.87. The fraction of sp³-hybridized carbons (Fsp3) is 0.250. The second kappa shape index (κ2) is 7.63. The Morgan fingerprint density at radius 1 is 1.24 bits per heavy atom. The van der Waals surface area contributed by atoms with E-state index in [1.165, 1.54) is 0 Å². The highest BCUT2D eigenvalue weighted by Crippen LogP contribution is 2.32. The molecule has 126 valence electrons. The largest absolute Gasteiger partial charge is 0.508 e. The van der Waals surface area contributed by atoms with Crippen LogP contribution in [0.1, 0.15) is 35.2 Å². The number of nitriles is 1. The molecule has 1 aromatic heterocycles. The van der Waals surface area contributed by atoms with Gasteiger partial charge in [-0.3, -0.25) is 9.78 Å². The second-order valence-electron chi connectivity index (χ2n) is 6.01. The Bertz CT molecular complexity index is 851. The minimum absolute atomic E-state index is 0.0504. The zero-order chi connectivity index (χ0) is 17.6. The molecule has 25 heavy (non-hydrogen) atoms. The predicted molar refractivity (Wildman–Crippen MR) is 94.4 cm³/mol. The summed E-state index contributed by atoms with van der Waals surface area (Å²) in [6.07, 6.45) is 7.04. The van der Waals surface area contributed by atoms with E-state index in [1.807, 2.05) is 18.2 Å². The first-order valence-electron chi connectivity index (χ1n) is 8.32. The van der Waals surface area contributed by atoms with Gasteiger partial charge in [0.2, 0.25) is 0 Å². The van der Waals surface area contributed by atoms with Crippen LogP contribution in [0.2, 0.25) is 0 Å². The number of hydrogen-bond acceptors (Lipinski definition) is 4. The summed E-state index contributed by atoms with van der Waals surface area (Å²) < 4.78 is 0. The molecule has 1 aromatic carbocycles. The summed E-state index contributed by atoms with van der Waals surface area (Å²) >= 11 is 0. The van der Waals surface area contributed by atoms with Crippen molar-refractivity contribution in [2.45, 2.75) is 32.2 Å². The highest BCUT2D eigenvalue weighted by atomic mass is 16.3. The molecule has 1 amide bonds. The number of aromatic nitrogens is 1. The van der Waals surface area contributed by atoms with Crippen molar-refractivity contribution >= 4 is 12.0 Å². The van der Waals surface area contributed by atoms with Crippen molar-refractivity contribution < 1.29 is 9.90 Å². The lowest BCUT2D eigenvalue weighted by Gasteiger charge is -2.19. The third kappa shape index (κ3) is 3.86. The highest BCUT2D eigenvalue weighted by molar-refractivity contribution is 6.01. The number of nitrogens with zero attached hydrogens (tertiary/aromatic N) is 2. The van der Waals surface area contributed by atoms with Crippen LogP contribution >= 0.6 is 0 Å². The first-order chi connectivity index (χ1) is 12.2. The molecule has 5 heteroatoms. The minimum Gasteiger partial charge on any atom is -0.508 e. The minimum atomic E-state index is -0.425. The van der Waals surface area contributed by atoms with E-state index in [9.17, 15) is 15.2 Å². The number of amides is 1. The second-order valence-corrected chi connectivity index (χ2v) is 6.01. The Hall–Kier alpha value is -3.13. The number of carbonyl (C=O) groups excluding carboxylic acids is 1. The summed E-state index contributed by atoms with van der Waals surface area (Å²) in [4.78, 5) is 16.5. The number of hydrogen-bond donors (Lipinski definition) is 2. The Kier molecular flexibility index (Phi) is 5.10. The molecule has 0 fully saturated rings. The van der Waals surface area contributed by atoms with E-state index in [1.54, 1.807) is 30.5 Å². The number of aromatic hydroxyl groups is 1. The molecule has 2 aromatic rings. The molecule has 1 aliphatic carbocycles. The maximum Gasteiger partial charge on any atom is 0.262 e. The predicted octanol–water partition coefficient (Wildman–Crippen LogP) is 2.89. The average Bonchev–Trinajstić information content (AvgIpc) is 2.67. The Balaban J connectivity index is 1.81. The fourth-order valence-electron chi connectivity index (χ4n) is 3.08. The van der Waals surface area contributed by atoms with Gasteiger partial charge in [-0.1, -0.05) is 12.1 Å². The van der Waals surface area contributed by atoms with Crippen LogP contribution in [0.4, 0.5) is 0 Å². The van der Waals surface area contributed by atoms with Crippen LogP contribution in [-0.2, 0) is 24.2 Å². The Morgan fingerprint density at radius 2 is 2.04 bits per heavy atom. The monoisotopic (exact) mass is 333 g/mol. The molecule has 0 unspecified atom stereocenters. The topological polar surface area (TPSA) is 86.0 Å². The van der Waals surface area contributed by atoms with Crippen molar-refractivity contribution in [3.05, 3.63) is 64.5 Å². The first-order valence-corrected chi connectivity index (χ1v) is 8.32. The summed E-state index contributed by atoms with van der Waals surface area (Å²) in [7, 11) is 0. The summed E-state index contributed by atoms with van der Waals surface area (Å²) in [5, 5.41) is 22.1. The summed E-state index contributed by atoms with van der Waals surface area (Å²) in [5.74, 6) is -0.129. The third-order valence-electron chi connectivity index (χ3n) is 4.37. The molecule has 0 spiro atoms. The van der Waals surface area contributed by atoms with Crippen LogP contribution in [0.5, 0.6) is 5.75 Å². The maximum atomic E-state index is 12.3.